The molecule has 0 saturated carbocycles. The predicted octanol–water partition coefficient (Wildman–Crippen LogP) is 5.77. The fourth-order valence-electron chi connectivity index (χ4n) is 4.26. The third kappa shape index (κ3) is 5.63. The van der Waals surface area contributed by atoms with Crippen molar-refractivity contribution in [3.05, 3.63) is 94.0 Å². The molecule has 1 unspecified atom stereocenters. The highest BCUT2D eigenvalue weighted by atomic mass is 32.1. The Bertz CT molecular complexity index is 1440. The lowest BCUT2D eigenvalue weighted by molar-refractivity contribution is -0.132. The Labute approximate surface area is 231 Å². The van der Waals surface area contributed by atoms with E-state index in [1.165, 1.54) is 11.0 Å². The van der Waals surface area contributed by atoms with Gasteiger partial charge in [-0.15, -0.1) is 0 Å². The smallest absolute Gasteiger partial charge is 0.350 e. The molecular formula is C30H30N2O6S. The molecule has 1 aromatic heterocycles. The number of rotatable bonds is 10. The van der Waals surface area contributed by atoms with Crippen LogP contribution in [0.3, 0.4) is 0 Å². The molecule has 1 amide bonds. The molecule has 2 heterocycles. The number of nitrogens with zero attached hydrogens (tertiary/aromatic N) is 2. The van der Waals surface area contributed by atoms with Crippen molar-refractivity contribution in [3.63, 3.8) is 0 Å². The molecule has 3 aromatic rings. The number of ether oxygens (including phenoxy) is 2. The molecule has 8 nitrogen and oxygen atoms in total. The molecular weight excluding hydrogens is 516 g/mol. The van der Waals surface area contributed by atoms with Gasteiger partial charge in [0.05, 0.1) is 23.9 Å². The molecule has 0 bridgehead atoms. The van der Waals surface area contributed by atoms with Crippen LogP contribution >= 0.6 is 11.3 Å². The third-order valence-electron chi connectivity index (χ3n) is 6.24. The minimum atomic E-state index is -0.960. The van der Waals surface area contributed by atoms with Crippen LogP contribution < -0.4 is 9.64 Å². The summed E-state index contributed by atoms with van der Waals surface area (Å²) < 4.78 is 10.9. The number of aromatic nitrogens is 1. The van der Waals surface area contributed by atoms with Crippen LogP contribution in [-0.4, -0.2) is 41.0 Å². The van der Waals surface area contributed by atoms with E-state index in [4.69, 9.17) is 9.47 Å². The molecule has 4 rings (SSSR count). The highest BCUT2D eigenvalue weighted by Gasteiger charge is 2.48. The summed E-state index contributed by atoms with van der Waals surface area (Å²) in [6.45, 7) is 9.72. The molecule has 39 heavy (non-hydrogen) atoms. The number of aliphatic hydroxyl groups is 1. The Morgan fingerprint density at radius 3 is 2.59 bits per heavy atom. The lowest BCUT2D eigenvalue weighted by Crippen LogP contribution is -2.29. The quantitative estimate of drug-likeness (QED) is 0.113. The van der Waals surface area contributed by atoms with E-state index in [0.717, 1.165) is 29.7 Å². The molecule has 1 saturated heterocycles. The Hall–Kier alpha value is -4.24. The van der Waals surface area contributed by atoms with Crippen molar-refractivity contribution in [1.82, 2.24) is 4.98 Å². The summed E-state index contributed by atoms with van der Waals surface area (Å²) in [4.78, 5) is 45.4. The number of carbonyl (C=O) groups excluding carboxylic acids is 3. The second-order valence-corrected chi connectivity index (χ2v) is 9.92. The maximum atomic E-state index is 13.5. The first kappa shape index (κ1) is 27.8. The molecule has 1 aliphatic heterocycles. The van der Waals surface area contributed by atoms with Crippen LogP contribution in [0.4, 0.5) is 5.13 Å². The summed E-state index contributed by atoms with van der Waals surface area (Å²) in [7, 11) is 0. The maximum Gasteiger partial charge on any atom is 0.350 e. The van der Waals surface area contributed by atoms with E-state index < -0.39 is 23.7 Å². The Morgan fingerprint density at radius 2 is 1.92 bits per heavy atom. The number of carbonyl (C=O) groups is 3. The zero-order chi connectivity index (χ0) is 28.1. The van der Waals surface area contributed by atoms with Crippen molar-refractivity contribution in [2.45, 2.75) is 39.7 Å². The predicted molar refractivity (Wildman–Crippen MR) is 150 cm³/mol. The zero-order valence-electron chi connectivity index (χ0n) is 22.1. The molecule has 1 fully saturated rings. The van der Waals surface area contributed by atoms with Gasteiger partial charge in [0.15, 0.2) is 5.13 Å². The number of benzene rings is 2. The Morgan fingerprint density at radius 1 is 1.18 bits per heavy atom. The number of hydrogen-bond acceptors (Lipinski definition) is 8. The van der Waals surface area contributed by atoms with E-state index in [1.807, 2.05) is 38.1 Å². The van der Waals surface area contributed by atoms with Crippen LogP contribution in [0.25, 0.3) is 5.76 Å². The van der Waals surface area contributed by atoms with Gasteiger partial charge in [-0.2, -0.15) is 0 Å². The zero-order valence-corrected chi connectivity index (χ0v) is 22.9. The number of esters is 1. The normalized spacial score (nSPS) is 16.4. The van der Waals surface area contributed by atoms with Gasteiger partial charge in [-0.25, -0.2) is 9.78 Å². The highest BCUT2D eigenvalue weighted by Crippen LogP contribution is 2.44. The maximum absolute atomic E-state index is 13.5. The van der Waals surface area contributed by atoms with Crippen molar-refractivity contribution < 1.29 is 29.0 Å². The number of ketones is 1. The molecule has 9 heteroatoms. The summed E-state index contributed by atoms with van der Waals surface area (Å²) >= 11 is 0.957. The third-order valence-corrected chi connectivity index (χ3v) is 7.37. The minimum absolute atomic E-state index is 0.0286. The summed E-state index contributed by atoms with van der Waals surface area (Å²) in [6, 6.07) is 13.3. The molecule has 1 N–H and O–H groups in total. The van der Waals surface area contributed by atoms with Gasteiger partial charge >= 0.3 is 11.9 Å². The fraction of sp³-hybridized carbons (Fsp3) is 0.267. The van der Waals surface area contributed by atoms with E-state index in [2.05, 4.69) is 11.6 Å². The lowest BCUT2D eigenvalue weighted by Gasteiger charge is -2.23. The van der Waals surface area contributed by atoms with Crippen molar-refractivity contribution in [2.75, 3.05) is 18.1 Å². The first-order valence-electron chi connectivity index (χ1n) is 12.7. The van der Waals surface area contributed by atoms with Gasteiger partial charge in [-0.05, 0) is 43.0 Å². The van der Waals surface area contributed by atoms with Crippen LogP contribution in [0.15, 0.2) is 66.8 Å². The first-order chi connectivity index (χ1) is 18.8. The second kappa shape index (κ2) is 12.1. The summed E-state index contributed by atoms with van der Waals surface area (Å²) in [6.07, 6.45) is 3.08. The molecule has 0 aliphatic carbocycles. The number of thiazole rings is 1. The minimum Gasteiger partial charge on any atom is -0.507 e. The topological polar surface area (TPSA) is 106 Å². The van der Waals surface area contributed by atoms with Crippen molar-refractivity contribution >= 4 is 39.9 Å². The van der Waals surface area contributed by atoms with Crippen LogP contribution in [0, 0.1) is 6.92 Å². The first-order valence-corrected chi connectivity index (χ1v) is 13.5. The fourth-order valence-corrected chi connectivity index (χ4v) is 5.25. The van der Waals surface area contributed by atoms with Crippen LogP contribution in [0.5, 0.6) is 5.75 Å². The van der Waals surface area contributed by atoms with Gasteiger partial charge in [0.2, 0.25) is 0 Å². The number of Topliss-reactive ketones (excluding diaryl/α,β-unsaturated/α-hetero) is 1. The number of aryl methyl sites for hydroxylation is 2. The van der Waals surface area contributed by atoms with Gasteiger partial charge in [-0.1, -0.05) is 74.2 Å². The van der Waals surface area contributed by atoms with Crippen molar-refractivity contribution in [1.29, 1.82) is 0 Å². The van der Waals surface area contributed by atoms with E-state index in [9.17, 15) is 19.5 Å². The van der Waals surface area contributed by atoms with E-state index in [0.29, 0.717) is 29.2 Å². The highest BCUT2D eigenvalue weighted by molar-refractivity contribution is 7.17. The summed E-state index contributed by atoms with van der Waals surface area (Å²) in [5.41, 5.74) is 2.34. The Balaban J connectivity index is 1.86. The number of anilines is 1. The van der Waals surface area contributed by atoms with Gasteiger partial charge in [-0.3, -0.25) is 14.5 Å². The van der Waals surface area contributed by atoms with Crippen LogP contribution in [0.2, 0.25) is 0 Å². The molecule has 2 aromatic carbocycles. The number of hydrogen-bond donors (Lipinski definition) is 1. The van der Waals surface area contributed by atoms with Gasteiger partial charge < -0.3 is 14.6 Å². The van der Waals surface area contributed by atoms with Crippen molar-refractivity contribution in [2.24, 2.45) is 0 Å². The molecule has 1 aliphatic rings. The molecule has 0 spiro atoms. The second-order valence-electron chi connectivity index (χ2n) is 8.94. The van der Waals surface area contributed by atoms with E-state index >= 15 is 0 Å². The standard InChI is InChI=1S/C30H30N2O6S/c1-5-15-37-22-10-8-9-21(17-22)25(33)23-24(20-13-11-19(7-3)12-14-20)32(28(35)26(23)34)30-31-18(4)27(39-30)29(36)38-16-6-2/h6,8-14,17,24,33H,2,5,7,15-16H2,1,3-4H3. The summed E-state index contributed by atoms with van der Waals surface area (Å²) in [5.74, 6) is -2.07. The van der Waals surface area contributed by atoms with Crippen molar-refractivity contribution in [3.8, 4) is 5.75 Å². The summed E-state index contributed by atoms with van der Waals surface area (Å²) in [5, 5.41) is 11.6. The van der Waals surface area contributed by atoms with Crippen LogP contribution in [-0.2, 0) is 20.7 Å². The van der Waals surface area contributed by atoms with Gasteiger partial charge in [0.25, 0.3) is 5.78 Å². The van der Waals surface area contributed by atoms with E-state index in [-0.39, 0.29) is 27.9 Å². The molecule has 1 atom stereocenters. The molecule has 0 radical (unpaired) electrons. The van der Waals surface area contributed by atoms with Gasteiger partial charge in [0.1, 0.15) is 23.0 Å². The lowest BCUT2D eigenvalue weighted by atomic mass is 9.94. The number of aliphatic hydroxyl groups excluding tert-OH is 1. The number of amides is 1. The van der Waals surface area contributed by atoms with Crippen LogP contribution in [0.1, 0.15) is 58.4 Å². The monoisotopic (exact) mass is 546 g/mol. The largest absolute Gasteiger partial charge is 0.507 e. The van der Waals surface area contributed by atoms with Gasteiger partial charge in [0, 0.05) is 5.56 Å². The average Bonchev–Trinajstić information content (AvgIpc) is 3.46. The Kier molecular flexibility index (Phi) is 8.61. The van der Waals surface area contributed by atoms with E-state index in [1.54, 1.807) is 31.2 Å². The average molecular weight is 547 g/mol. The SMILES string of the molecule is C=CCOC(=O)c1sc(N2C(=O)C(=O)C(=C(O)c3cccc(OCCC)c3)C2c2ccc(CC)cc2)nc1C. The molecule has 202 valence electrons.